The molecule has 1 aromatic heterocycles. The van der Waals surface area contributed by atoms with Crippen molar-refractivity contribution in [3.8, 4) is 0 Å². The number of pyridine rings is 1. The molecule has 1 atom stereocenters. The van der Waals surface area contributed by atoms with Crippen molar-refractivity contribution >= 4 is 15.4 Å². The highest BCUT2D eigenvalue weighted by Crippen LogP contribution is 1.95. The van der Waals surface area contributed by atoms with Crippen molar-refractivity contribution in [2.45, 2.75) is 0 Å². The van der Waals surface area contributed by atoms with E-state index in [0.717, 1.165) is 0 Å². The third-order valence-electron chi connectivity index (χ3n) is 1.24. The summed E-state index contributed by atoms with van der Waals surface area (Å²) in [5, 5.41) is 8.57. The van der Waals surface area contributed by atoms with Crippen LogP contribution in [0.1, 0.15) is 10.5 Å². The molecule has 0 aliphatic carbocycles. The predicted octanol–water partition coefficient (Wildman–Crippen LogP) is -0.235. The summed E-state index contributed by atoms with van der Waals surface area (Å²) in [4.78, 5) is 21.4. The summed E-state index contributed by atoms with van der Waals surface area (Å²) in [6.45, 7) is 0. The summed E-state index contributed by atoms with van der Waals surface area (Å²) >= 11 is 0. The van der Waals surface area contributed by atoms with E-state index < -0.39 is 11.5 Å². The Labute approximate surface area is 69.8 Å². The first kappa shape index (κ1) is 8.74. The van der Waals surface area contributed by atoms with E-state index in [1.807, 2.05) is 0 Å². The average Bonchev–Trinajstić information content (AvgIpc) is 2.03. The topological polar surface area (TPSA) is 68.5 Å². The van der Waals surface area contributed by atoms with Gasteiger partial charge in [0, 0.05) is 6.07 Å². The highest BCUT2D eigenvalue weighted by molar-refractivity contribution is 7.10. The molecule has 0 spiro atoms. The van der Waals surface area contributed by atoms with E-state index in [-0.39, 0.29) is 5.69 Å². The van der Waals surface area contributed by atoms with Gasteiger partial charge in [0.05, 0.1) is 9.47 Å². The molecule has 12 heavy (non-hydrogen) atoms. The molecule has 1 heterocycles. The maximum atomic E-state index is 10.9. The lowest BCUT2D eigenvalue weighted by Crippen LogP contribution is -2.26. The summed E-state index contributed by atoms with van der Waals surface area (Å²) in [5.74, 6) is -1.21. The Morgan fingerprint density at radius 1 is 1.58 bits per heavy atom. The molecular formula is C6H6NO4P. The quantitative estimate of drug-likeness (QED) is 0.649. The van der Waals surface area contributed by atoms with Gasteiger partial charge < -0.3 is 9.73 Å². The van der Waals surface area contributed by atoms with Gasteiger partial charge in [0.1, 0.15) is 0 Å². The second-order valence-corrected chi connectivity index (χ2v) is 2.17. The fourth-order valence-electron chi connectivity index (χ4n) is 0.743. The summed E-state index contributed by atoms with van der Waals surface area (Å²) in [6.07, 6.45) is 0. The smallest absolute Gasteiger partial charge is 0.356 e. The van der Waals surface area contributed by atoms with Gasteiger partial charge in [-0.05, 0) is 6.07 Å². The molecule has 0 bridgehead atoms. The lowest BCUT2D eigenvalue weighted by atomic mass is 10.3. The van der Waals surface area contributed by atoms with Crippen molar-refractivity contribution < 1.29 is 14.5 Å². The van der Waals surface area contributed by atoms with E-state index in [9.17, 15) is 9.59 Å². The summed E-state index contributed by atoms with van der Waals surface area (Å²) < 4.78 is 5.15. The van der Waals surface area contributed by atoms with Gasteiger partial charge in [-0.15, -0.1) is 4.73 Å². The normalized spacial score (nSPS) is 9.42. The van der Waals surface area contributed by atoms with E-state index in [0.29, 0.717) is 4.73 Å². The molecule has 0 aliphatic heterocycles. The third kappa shape index (κ3) is 1.46. The van der Waals surface area contributed by atoms with Crippen molar-refractivity contribution in [2.75, 3.05) is 0 Å². The third-order valence-corrected chi connectivity index (χ3v) is 1.45. The van der Waals surface area contributed by atoms with Gasteiger partial charge in [-0.3, -0.25) is 4.79 Å². The zero-order valence-corrected chi connectivity index (χ0v) is 7.08. The Hall–Kier alpha value is -1.35. The lowest BCUT2D eigenvalue weighted by Gasteiger charge is -2.04. The van der Waals surface area contributed by atoms with E-state index in [1.165, 1.54) is 18.2 Å². The van der Waals surface area contributed by atoms with Crippen molar-refractivity contribution in [3.63, 3.8) is 0 Å². The van der Waals surface area contributed by atoms with Gasteiger partial charge in [-0.2, -0.15) is 0 Å². The van der Waals surface area contributed by atoms with Gasteiger partial charge in [0.25, 0.3) is 5.56 Å². The molecule has 1 rings (SSSR count). The Balaban J connectivity index is 3.38. The molecule has 0 aliphatic rings. The summed E-state index contributed by atoms with van der Waals surface area (Å²) in [6, 6.07) is 3.83. The Kier molecular flexibility index (Phi) is 2.45. The van der Waals surface area contributed by atoms with Gasteiger partial charge >= 0.3 is 5.97 Å². The van der Waals surface area contributed by atoms with Crippen LogP contribution in [0.5, 0.6) is 0 Å². The van der Waals surface area contributed by atoms with Gasteiger partial charge in [-0.25, -0.2) is 4.79 Å². The van der Waals surface area contributed by atoms with Crippen molar-refractivity contribution in [1.82, 2.24) is 4.73 Å². The summed E-state index contributed by atoms with van der Waals surface area (Å²) in [5.41, 5.74) is -0.734. The van der Waals surface area contributed by atoms with Crippen LogP contribution in [0.15, 0.2) is 23.0 Å². The van der Waals surface area contributed by atoms with Crippen LogP contribution in [0.25, 0.3) is 0 Å². The van der Waals surface area contributed by atoms with Crippen LogP contribution >= 0.6 is 9.47 Å². The maximum Gasteiger partial charge on any atom is 0.356 e. The average molecular weight is 187 g/mol. The fourth-order valence-corrected chi connectivity index (χ4v) is 0.960. The molecule has 6 heteroatoms. The van der Waals surface area contributed by atoms with E-state index in [1.54, 1.807) is 9.47 Å². The Morgan fingerprint density at radius 2 is 2.25 bits per heavy atom. The van der Waals surface area contributed by atoms with Crippen molar-refractivity contribution in [2.24, 2.45) is 0 Å². The second kappa shape index (κ2) is 3.36. The molecule has 0 saturated carbocycles. The number of carboxylic acids is 1. The number of carboxylic acid groups (broad SMARTS) is 1. The summed E-state index contributed by atoms with van der Waals surface area (Å²) in [7, 11) is 1.81. The molecule has 0 amide bonds. The van der Waals surface area contributed by atoms with E-state index >= 15 is 0 Å². The minimum Gasteiger partial charge on any atom is -0.476 e. The molecule has 64 valence electrons. The number of nitrogens with zero attached hydrogens (tertiary/aromatic N) is 1. The van der Waals surface area contributed by atoms with Crippen molar-refractivity contribution in [1.29, 1.82) is 0 Å². The van der Waals surface area contributed by atoms with E-state index in [2.05, 4.69) is 4.62 Å². The van der Waals surface area contributed by atoms with Crippen LogP contribution in [0.3, 0.4) is 0 Å². The van der Waals surface area contributed by atoms with Crippen LogP contribution in [0.2, 0.25) is 0 Å². The van der Waals surface area contributed by atoms with Gasteiger partial charge in [-0.1, -0.05) is 6.07 Å². The monoisotopic (exact) mass is 187 g/mol. The first-order chi connectivity index (χ1) is 5.66. The van der Waals surface area contributed by atoms with Crippen LogP contribution in [0.4, 0.5) is 0 Å². The van der Waals surface area contributed by atoms with E-state index in [4.69, 9.17) is 5.11 Å². The second-order valence-electron chi connectivity index (χ2n) is 1.95. The number of aromatic carboxylic acids is 1. The minimum absolute atomic E-state index is 0.211. The SMILES string of the molecule is O=C(O)c1cccc(=O)n1OP. The standard InChI is InChI=1S/C6H6NO4P/c8-5-3-1-2-4(6(9)10)7(5)11-12/h1-3H,12H2,(H,9,10). The molecule has 0 aromatic carbocycles. The molecule has 1 aromatic rings. The maximum absolute atomic E-state index is 10.9. The van der Waals surface area contributed by atoms with Gasteiger partial charge in [0.2, 0.25) is 0 Å². The lowest BCUT2D eigenvalue weighted by molar-refractivity contribution is 0.0665. The Bertz CT molecular complexity index is 359. The van der Waals surface area contributed by atoms with Crippen LogP contribution in [-0.2, 0) is 0 Å². The molecular weight excluding hydrogens is 181 g/mol. The van der Waals surface area contributed by atoms with Crippen LogP contribution in [0, 0.1) is 0 Å². The number of hydrogen-bond acceptors (Lipinski definition) is 3. The predicted molar refractivity (Wildman–Crippen MR) is 44.0 cm³/mol. The molecule has 1 unspecified atom stereocenters. The first-order valence-electron chi connectivity index (χ1n) is 2.99. The van der Waals surface area contributed by atoms with Gasteiger partial charge in [0.15, 0.2) is 5.69 Å². The van der Waals surface area contributed by atoms with Crippen molar-refractivity contribution in [3.05, 3.63) is 34.2 Å². The molecule has 0 saturated heterocycles. The number of aromatic nitrogens is 1. The number of carbonyl (C=O) groups is 1. The molecule has 0 radical (unpaired) electrons. The molecule has 1 N–H and O–H groups in total. The highest BCUT2D eigenvalue weighted by atomic mass is 31.0. The zero-order valence-electron chi connectivity index (χ0n) is 5.93. The molecule has 0 fully saturated rings. The first-order valence-corrected chi connectivity index (χ1v) is 3.46. The van der Waals surface area contributed by atoms with Crippen LogP contribution in [-0.4, -0.2) is 15.8 Å². The zero-order chi connectivity index (χ0) is 9.14. The number of rotatable bonds is 2. The largest absolute Gasteiger partial charge is 0.476 e. The number of hydrogen-bond donors (Lipinski definition) is 1. The minimum atomic E-state index is -1.21. The highest BCUT2D eigenvalue weighted by Gasteiger charge is 2.09. The Morgan fingerprint density at radius 3 is 2.67 bits per heavy atom. The van der Waals surface area contributed by atoms with Crippen LogP contribution < -0.4 is 10.2 Å². The fraction of sp³-hybridized carbons (Fsp3) is 0. The molecule has 5 nitrogen and oxygen atoms in total.